The second-order valence-corrected chi connectivity index (χ2v) is 7.36. The van der Waals surface area contributed by atoms with E-state index in [4.69, 9.17) is 11.6 Å². The molecule has 0 radical (unpaired) electrons. The Morgan fingerprint density at radius 1 is 0.933 bits per heavy atom. The highest BCUT2D eigenvalue weighted by atomic mass is 35.5. The molecule has 0 aliphatic rings. The molecule has 0 fully saturated rings. The number of aromatic nitrogens is 2. The third kappa shape index (κ3) is 3.25. The van der Waals surface area contributed by atoms with E-state index in [0.717, 1.165) is 38.5 Å². The Hall–Kier alpha value is -3.83. The van der Waals surface area contributed by atoms with E-state index in [1.165, 1.54) is 0 Å². The molecule has 0 atom stereocenters. The molecule has 146 valence electrons. The van der Waals surface area contributed by atoms with Crippen LogP contribution in [-0.2, 0) is 0 Å². The van der Waals surface area contributed by atoms with E-state index in [1.807, 2.05) is 72.9 Å². The molecular formula is C24H17ClN4O. The molecule has 30 heavy (non-hydrogen) atoms. The number of amides is 1. The topological polar surface area (TPSA) is 73.0 Å². The number of hydrazone groups is 1. The summed E-state index contributed by atoms with van der Waals surface area (Å²) in [5.74, 6) is -0.322. The van der Waals surface area contributed by atoms with Crippen LogP contribution in [0.5, 0.6) is 0 Å². The Balaban J connectivity index is 1.50. The molecule has 2 aromatic heterocycles. The number of para-hydroxylation sites is 1. The molecule has 0 unspecified atom stereocenters. The van der Waals surface area contributed by atoms with Gasteiger partial charge < -0.3 is 9.97 Å². The minimum absolute atomic E-state index is 0.322. The number of nitrogens with zero attached hydrogens (tertiary/aromatic N) is 1. The van der Waals surface area contributed by atoms with Gasteiger partial charge in [-0.2, -0.15) is 5.10 Å². The smallest absolute Gasteiger partial charge is 0.288 e. The Morgan fingerprint density at radius 2 is 1.73 bits per heavy atom. The predicted molar refractivity (Wildman–Crippen MR) is 122 cm³/mol. The Bertz CT molecular complexity index is 1400. The fourth-order valence-electron chi connectivity index (χ4n) is 3.66. The van der Waals surface area contributed by atoms with Gasteiger partial charge in [0.05, 0.1) is 6.21 Å². The lowest BCUT2D eigenvalue weighted by Gasteiger charge is -2.04. The summed E-state index contributed by atoms with van der Waals surface area (Å²) in [5.41, 5.74) is 7.56. The number of hydrogen-bond donors (Lipinski definition) is 3. The summed E-state index contributed by atoms with van der Waals surface area (Å²) in [7, 11) is 0. The molecule has 0 aliphatic carbocycles. The summed E-state index contributed by atoms with van der Waals surface area (Å²) >= 11 is 6.21. The van der Waals surface area contributed by atoms with Crippen molar-refractivity contribution in [2.45, 2.75) is 0 Å². The van der Waals surface area contributed by atoms with Crippen molar-refractivity contribution < 1.29 is 4.79 Å². The molecule has 2 heterocycles. The van der Waals surface area contributed by atoms with Crippen molar-refractivity contribution in [2.24, 2.45) is 5.10 Å². The van der Waals surface area contributed by atoms with Gasteiger partial charge in [-0.25, -0.2) is 5.43 Å². The van der Waals surface area contributed by atoms with Crippen LogP contribution >= 0.6 is 11.6 Å². The maximum Gasteiger partial charge on any atom is 0.288 e. The third-order valence-corrected chi connectivity index (χ3v) is 5.28. The van der Waals surface area contributed by atoms with Gasteiger partial charge in [-0.3, -0.25) is 4.79 Å². The lowest BCUT2D eigenvalue weighted by Crippen LogP contribution is -2.18. The summed E-state index contributed by atoms with van der Waals surface area (Å²) in [6.45, 7) is 0. The van der Waals surface area contributed by atoms with Gasteiger partial charge in [-0.15, -0.1) is 0 Å². The van der Waals surface area contributed by atoms with Crippen LogP contribution in [0.1, 0.15) is 16.1 Å². The molecule has 5 nitrogen and oxygen atoms in total. The molecule has 0 saturated carbocycles. The van der Waals surface area contributed by atoms with E-state index in [2.05, 4.69) is 20.5 Å². The minimum Gasteiger partial charge on any atom is -0.361 e. The summed E-state index contributed by atoms with van der Waals surface area (Å²) in [6.07, 6.45) is 3.50. The van der Waals surface area contributed by atoms with Crippen LogP contribution in [0.3, 0.4) is 0 Å². The molecule has 0 aliphatic heterocycles. The van der Waals surface area contributed by atoms with Crippen LogP contribution in [0.2, 0.25) is 5.02 Å². The fraction of sp³-hybridized carbons (Fsp3) is 0. The molecule has 5 rings (SSSR count). The summed E-state index contributed by atoms with van der Waals surface area (Å²) in [6, 6.07) is 23.2. The quantitative estimate of drug-likeness (QED) is 0.256. The van der Waals surface area contributed by atoms with Gasteiger partial charge in [0.15, 0.2) is 0 Å². The molecule has 0 bridgehead atoms. The summed E-state index contributed by atoms with van der Waals surface area (Å²) in [4.78, 5) is 19.4. The zero-order valence-electron chi connectivity index (χ0n) is 15.8. The highest BCUT2D eigenvalue weighted by molar-refractivity contribution is 6.31. The van der Waals surface area contributed by atoms with E-state index in [9.17, 15) is 4.79 Å². The Kier molecular flexibility index (Phi) is 4.58. The second kappa shape index (κ2) is 7.54. The van der Waals surface area contributed by atoms with Crippen LogP contribution in [-0.4, -0.2) is 22.1 Å². The van der Waals surface area contributed by atoms with Crippen molar-refractivity contribution in [3.05, 3.63) is 95.3 Å². The number of halogens is 1. The number of benzene rings is 3. The highest BCUT2D eigenvalue weighted by Crippen LogP contribution is 2.34. The predicted octanol–water partition coefficient (Wildman–Crippen LogP) is 5.73. The van der Waals surface area contributed by atoms with Gasteiger partial charge in [0.1, 0.15) is 5.69 Å². The lowest BCUT2D eigenvalue weighted by atomic mass is 10.0. The van der Waals surface area contributed by atoms with Crippen LogP contribution in [0.15, 0.2) is 84.1 Å². The van der Waals surface area contributed by atoms with Crippen molar-refractivity contribution in [3.8, 4) is 11.1 Å². The van der Waals surface area contributed by atoms with Crippen LogP contribution in [0.25, 0.3) is 32.9 Å². The van der Waals surface area contributed by atoms with Crippen molar-refractivity contribution in [2.75, 3.05) is 0 Å². The number of nitrogens with one attached hydrogen (secondary N) is 3. The molecule has 6 heteroatoms. The molecule has 5 aromatic rings. The van der Waals surface area contributed by atoms with E-state index < -0.39 is 0 Å². The van der Waals surface area contributed by atoms with E-state index in [1.54, 1.807) is 12.3 Å². The van der Waals surface area contributed by atoms with Crippen molar-refractivity contribution in [3.63, 3.8) is 0 Å². The third-order valence-electron chi connectivity index (χ3n) is 5.04. The number of fused-ring (bicyclic) bond motifs is 2. The normalized spacial score (nSPS) is 11.5. The van der Waals surface area contributed by atoms with Crippen molar-refractivity contribution in [1.29, 1.82) is 0 Å². The van der Waals surface area contributed by atoms with Gasteiger partial charge in [-0.1, -0.05) is 60.1 Å². The first-order valence-electron chi connectivity index (χ1n) is 9.47. The highest BCUT2D eigenvalue weighted by Gasteiger charge is 2.19. The number of aromatic amines is 2. The molecule has 3 aromatic carbocycles. The maximum absolute atomic E-state index is 13.0. The van der Waals surface area contributed by atoms with Gasteiger partial charge >= 0.3 is 0 Å². The first-order valence-corrected chi connectivity index (χ1v) is 9.84. The van der Waals surface area contributed by atoms with Crippen molar-refractivity contribution >= 4 is 45.5 Å². The summed E-state index contributed by atoms with van der Waals surface area (Å²) < 4.78 is 0. The molecule has 3 N–H and O–H groups in total. The zero-order valence-corrected chi connectivity index (χ0v) is 16.6. The van der Waals surface area contributed by atoms with Crippen molar-refractivity contribution in [1.82, 2.24) is 15.4 Å². The number of H-pyrrole nitrogens is 2. The average Bonchev–Trinajstić information content (AvgIpc) is 3.36. The number of rotatable bonds is 4. The summed E-state index contributed by atoms with van der Waals surface area (Å²) in [5, 5.41) is 6.72. The SMILES string of the molecule is O=C(N/N=C/c1c[nH]c2ccccc12)c1[nH]c2ccc(Cl)cc2c1-c1ccccc1. The number of carbonyl (C=O) groups is 1. The van der Waals surface area contributed by atoms with Crippen LogP contribution in [0.4, 0.5) is 0 Å². The van der Waals surface area contributed by atoms with Crippen LogP contribution < -0.4 is 5.43 Å². The van der Waals surface area contributed by atoms with Gasteiger partial charge in [0.2, 0.25) is 0 Å². The van der Waals surface area contributed by atoms with E-state index >= 15 is 0 Å². The molecule has 0 saturated heterocycles. The van der Waals surface area contributed by atoms with Gasteiger partial charge in [-0.05, 0) is 29.8 Å². The van der Waals surface area contributed by atoms with E-state index in [0.29, 0.717) is 10.7 Å². The van der Waals surface area contributed by atoms with E-state index in [-0.39, 0.29) is 5.91 Å². The molecule has 1 amide bonds. The first-order chi connectivity index (χ1) is 14.7. The molecule has 0 spiro atoms. The molecular weight excluding hydrogens is 396 g/mol. The Morgan fingerprint density at radius 3 is 2.60 bits per heavy atom. The minimum atomic E-state index is -0.322. The maximum atomic E-state index is 13.0. The number of carbonyl (C=O) groups excluding carboxylic acids is 1. The largest absolute Gasteiger partial charge is 0.361 e. The van der Waals surface area contributed by atoms with Gasteiger partial charge in [0.25, 0.3) is 5.91 Å². The monoisotopic (exact) mass is 412 g/mol. The zero-order chi connectivity index (χ0) is 20.5. The van der Waals surface area contributed by atoms with Crippen LogP contribution in [0, 0.1) is 0 Å². The average molecular weight is 413 g/mol. The lowest BCUT2D eigenvalue weighted by molar-refractivity contribution is 0.0951. The van der Waals surface area contributed by atoms with Gasteiger partial charge in [0, 0.05) is 44.2 Å². The standard InChI is InChI=1S/C24H17ClN4O/c25-17-10-11-21-19(12-17)22(15-6-2-1-3-7-15)23(28-21)24(30)29-27-14-16-13-26-20-9-5-4-8-18(16)20/h1-14,26,28H,(H,29,30)/b27-14+. The second-order valence-electron chi connectivity index (χ2n) is 6.92. The number of hydrogen-bond acceptors (Lipinski definition) is 2. The first kappa shape index (κ1) is 18.2. The Labute approximate surface area is 177 Å². The fourth-order valence-corrected chi connectivity index (χ4v) is 3.83.